The summed E-state index contributed by atoms with van der Waals surface area (Å²) in [5, 5.41) is 20.1. The molecule has 0 unspecified atom stereocenters. The minimum absolute atomic E-state index is 0.0444. The highest BCUT2D eigenvalue weighted by Crippen LogP contribution is 2.20. The number of anilines is 1. The Labute approximate surface area is 120 Å². The molecule has 2 rings (SSSR count). The van der Waals surface area contributed by atoms with Crippen LogP contribution in [-0.2, 0) is 16.0 Å². The number of β-amino-alcohol motifs (C(OH)–C–C–N with tert-alkyl or cyclic N) is 1. The van der Waals surface area contributed by atoms with Gasteiger partial charge in [-0.25, -0.2) is 4.39 Å². The van der Waals surface area contributed by atoms with Gasteiger partial charge in [0, 0.05) is 17.3 Å². The number of amides is 2. The summed E-state index contributed by atoms with van der Waals surface area (Å²) in [6.07, 6.45) is 1.02. The second-order valence-corrected chi connectivity index (χ2v) is 4.34. The third kappa shape index (κ3) is 3.07. The zero-order valence-corrected chi connectivity index (χ0v) is 11.0. The number of rotatable bonds is 5. The van der Waals surface area contributed by atoms with Gasteiger partial charge >= 0.3 is 0 Å². The van der Waals surface area contributed by atoms with Crippen molar-refractivity contribution in [1.82, 2.24) is 4.90 Å². The van der Waals surface area contributed by atoms with E-state index in [1.165, 1.54) is 18.2 Å². The molecule has 0 radical (unpaired) electrons. The van der Waals surface area contributed by atoms with E-state index in [9.17, 15) is 14.0 Å². The second kappa shape index (κ2) is 6.15. The Balaban J connectivity index is 2.18. The number of carbonyl (C=O) groups excluding carboxylic acids is 2. The number of hydrogen-bond acceptors (Lipinski definition) is 5. The van der Waals surface area contributed by atoms with Gasteiger partial charge in [-0.15, -0.1) is 0 Å². The van der Waals surface area contributed by atoms with E-state index >= 15 is 0 Å². The van der Waals surface area contributed by atoms with Crippen LogP contribution in [0.4, 0.5) is 10.1 Å². The maximum absolute atomic E-state index is 13.4. The van der Waals surface area contributed by atoms with Crippen LogP contribution in [0.2, 0.25) is 0 Å². The summed E-state index contributed by atoms with van der Waals surface area (Å²) in [5.74, 6) is -1.58. The lowest BCUT2D eigenvalue weighted by Gasteiger charge is -2.13. The Morgan fingerprint density at radius 1 is 1.38 bits per heavy atom. The Morgan fingerprint density at radius 3 is 2.81 bits per heavy atom. The number of hydrogen-bond donors (Lipinski definition) is 2. The van der Waals surface area contributed by atoms with Crippen LogP contribution < -0.4 is 5.32 Å². The molecule has 1 aliphatic rings. The van der Waals surface area contributed by atoms with E-state index in [0.29, 0.717) is 5.69 Å². The molecule has 2 amide bonds. The van der Waals surface area contributed by atoms with Gasteiger partial charge in [0.05, 0.1) is 25.6 Å². The molecular weight excluding hydrogens is 277 g/mol. The first-order chi connectivity index (χ1) is 10.1. The largest absolute Gasteiger partial charge is 0.395 e. The molecular formula is C14H12FN3O3. The Hall–Kier alpha value is -2.72. The number of carbonyl (C=O) groups is 2. The van der Waals surface area contributed by atoms with Crippen molar-refractivity contribution in [2.75, 3.05) is 18.5 Å². The standard InChI is InChI=1S/C14H12FN3O3/c15-11-2-1-10(7-9(11)3-4-16)17-12-8-13(20)18(5-6-19)14(12)21/h1-2,7-8,17,19H,3,5-6H2. The molecule has 0 saturated heterocycles. The van der Waals surface area contributed by atoms with Gasteiger partial charge in [-0.2, -0.15) is 5.26 Å². The highest BCUT2D eigenvalue weighted by molar-refractivity contribution is 6.17. The Bertz CT molecular complexity index is 664. The highest BCUT2D eigenvalue weighted by Gasteiger charge is 2.30. The van der Waals surface area contributed by atoms with Gasteiger partial charge in [-0.05, 0) is 18.2 Å². The molecule has 0 saturated carbocycles. The molecule has 1 aromatic rings. The molecule has 0 fully saturated rings. The number of halogens is 1. The van der Waals surface area contributed by atoms with Gasteiger partial charge < -0.3 is 10.4 Å². The van der Waals surface area contributed by atoms with E-state index < -0.39 is 17.6 Å². The third-order valence-corrected chi connectivity index (χ3v) is 2.93. The van der Waals surface area contributed by atoms with Crippen molar-refractivity contribution in [1.29, 1.82) is 5.26 Å². The molecule has 1 aliphatic heterocycles. The molecule has 1 heterocycles. The summed E-state index contributed by atoms with van der Waals surface area (Å²) in [6, 6.07) is 5.84. The predicted molar refractivity (Wildman–Crippen MR) is 71.2 cm³/mol. The van der Waals surface area contributed by atoms with Crippen molar-refractivity contribution in [3.8, 4) is 6.07 Å². The van der Waals surface area contributed by atoms with Crippen LogP contribution in [-0.4, -0.2) is 35.0 Å². The van der Waals surface area contributed by atoms with E-state index in [1.807, 2.05) is 6.07 Å². The number of aliphatic hydroxyl groups is 1. The minimum atomic E-state index is -0.555. The summed E-state index contributed by atoms with van der Waals surface area (Å²) in [6.45, 7) is -0.399. The lowest BCUT2D eigenvalue weighted by atomic mass is 10.1. The number of nitriles is 1. The minimum Gasteiger partial charge on any atom is -0.395 e. The first kappa shape index (κ1) is 14.7. The number of nitrogens with one attached hydrogen (secondary N) is 1. The van der Waals surface area contributed by atoms with Crippen LogP contribution in [0.5, 0.6) is 0 Å². The van der Waals surface area contributed by atoms with Crippen molar-refractivity contribution >= 4 is 17.5 Å². The Morgan fingerprint density at radius 2 is 2.14 bits per heavy atom. The van der Waals surface area contributed by atoms with E-state index in [1.54, 1.807) is 0 Å². The van der Waals surface area contributed by atoms with Crippen LogP contribution >= 0.6 is 0 Å². The number of nitrogens with zero attached hydrogens (tertiary/aromatic N) is 2. The smallest absolute Gasteiger partial charge is 0.277 e. The van der Waals surface area contributed by atoms with E-state index in [2.05, 4.69) is 5.32 Å². The molecule has 0 atom stereocenters. The van der Waals surface area contributed by atoms with Gasteiger partial charge in [-0.3, -0.25) is 14.5 Å². The van der Waals surface area contributed by atoms with Crippen molar-refractivity contribution < 1.29 is 19.1 Å². The van der Waals surface area contributed by atoms with E-state index in [-0.39, 0.29) is 30.8 Å². The summed E-state index contributed by atoms with van der Waals surface area (Å²) in [4.78, 5) is 24.4. The van der Waals surface area contributed by atoms with Gasteiger partial charge in [0.1, 0.15) is 11.5 Å². The summed E-state index contributed by atoms with van der Waals surface area (Å²) in [7, 11) is 0. The molecule has 6 nitrogen and oxygen atoms in total. The second-order valence-electron chi connectivity index (χ2n) is 4.34. The third-order valence-electron chi connectivity index (χ3n) is 2.93. The molecule has 0 bridgehead atoms. The fourth-order valence-corrected chi connectivity index (χ4v) is 1.94. The van der Waals surface area contributed by atoms with E-state index in [4.69, 9.17) is 10.4 Å². The fraction of sp³-hybridized carbons (Fsp3) is 0.214. The van der Waals surface area contributed by atoms with Crippen LogP contribution in [0.25, 0.3) is 0 Å². The topological polar surface area (TPSA) is 93.4 Å². The van der Waals surface area contributed by atoms with Crippen LogP contribution in [0.15, 0.2) is 30.0 Å². The maximum Gasteiger partial charge on any atom is 0.277 e. The lowest BCUT2D eigenvalue weighted by Crippen LogP contribution is -2.34. The van der Waals surface area contributed by atoms with Crippen LogP contribution in [0.3, 0.4) is 0 Å². The molecule has 7 heteroatoms. The number of aliphatic hydroxyl groups excluding tert-OH is 1. The monoisotopic (exact) mass is 289 g/mol. The highest BCUT2D eigenvalue weighted by atomic mass is 19.1. The molecule has 0 aliphatic carbocycles. The lowest BCUT2D eigenvalue weighted by molar-refractivity contribution is -0.137. The molecule has 0 aromatic heterocycles. The van der Waals surface area contributed by atoms with Crippen molar-refractivity contribution in [2.24, 2.45) is 0 Å². The van der Waals surface area contributed by atoms with Gasteiger partial charge in [0.2, 0.25) is 0 Å². The Kier molecular flexibility index (Phi) is 4.30. The summed E-state index contributed by atoms with van der Waals surface area (Å²) < 4.78 is 13.4. The van der Waals surface area contributed by atoms with Gasteiger partial charge in [0.25, 0.3) is 11.8 Å². The van der Waals surface area contributed by atoms with Gasteiger partial charge in [0.15, 0.2) is 0 Å². The maximum atomic E-state index is 13.4. The predicted octanol–water partition coefficient (Wildman–Crippen LogP) is 0.549. The number of imide groups is 1. The van der Waals surface area contributed by atoms with Crippen molar-refractivity contribution in [3.63, 3.8) is 0 Å². The molecule has 21 heavy (non-hydrogen) atoms. The SMILES string of the molecule is N#CCc1cc(NC2=CC(=O)N(CCO)C2=O)ccc1F. The van der Waals surface area contributed by atoms with Gasteiger partial charge in [-0.1, -0.05) is 0 Å². The first-order valence-corrected chi connectivity index (χ1v) is 6.17. The average molecular weight is 289 g/mol. The van der Waals surface area contributed by atoms with Crippen molar-refractivity contribution in [2.45, 2.75) is 6.42 Å². The summed E-state index contributed by atoms with van der Waals surface area (Å²) in [5.41, 5.74) is 0.648. The fourth-order valence-electron chi connectivity index (χ4n) is 1.94. The zero-order chi connectivity index (χ0) is 15.4. The first-order valence-electron chi connectivity index (χ1n) is 6.17. The van der Waals surface area contributed by atoms with Crippen LogP contribution in [0, 0.1) is 17.1 Å². The molecule has 0 spiro atoms. The average Bonchev–Trinajstić information content (AvgIpc) is 2.71. The zero-order valence-electron chi connectivity index (χ0n) is 11.0. The quantitative estimate of drug-likeness (QED) is 0.772. The van der Waals surface area contributed by atoms with Crippen LogP contribution in [0.1, 0.15) is 5.56 Å². The molecule has 1 aromatic carbocycles. The summed E-state index contributed by atoms with van der Waals surface area (Å²) >= 11 is 0. The molecule has 108 valence electrons. The molecule has 2 N–H and O–H groups in total. The van der Waals surface area contributed by atoms with E-state index in [0.717, 1.165) is 11.0 Å². The normalized spacial score (nSPS) is 14.1. The van der Waals surface area contributed by atoms with Crippen molar-refractivity contribution in [3.05, 3.63) is 41.4 Å². The number of benzene rings is 1.